The molecule has 0 aliphatic heterocycles. The first-order chi connectivity index (χ1) is 14.7. The molecule has 30 heavy (non-hydrogen) atoms. The largest absolute Gasteiger partial charge is 0.368 e. The fourth-order valence-corrected chi connectivity index (χ4v) is 2.92. The number of halogens is 1. The van der Waals surface area contributed by atoms with E-state index in [4.69, 9.17) is 16.9 Å². The molecule has 0 atom stereocenters. The summed E-state index contributed by atoms with van der Waals surface area (Å²) in [6.07, 6.45) is 6.54. The highest BCUT2D eigenvalue weighted by molar-refractivity contribution is 6.29. The SMILES string of the molecule is N#Cc1ccc(-c2nc(NCCNc3cc(Cl)ncn3)ncc2-c2ncc[nH]2)cc1. The zero-order valence-corrected chi connectivity index (χ0v) is 16.4. The van der Waals surface area contributed by atoms with Crippen LogP contribution in [-0.2, 0) is 0 Å². The van der Waals surface area contributed by atoms with Gasteiger partial charge in [0.25, 0.3) is 0 Å². The van der Waals surface area contributed by atoms with Crippen molar-refractivity contribution in [2.75, 3.05) is 23.7 Å². The monoisotopic (exact) mass is 417 g/mol. The van der Waals surface area contributed by atoms with Gasteiger partial charge < -0.3 is 15.6 Å². The van der Waals surface area contributed by atoms with E-state index in [1.807, 2.05) is 12.1 Å². The second-order valence-electron chi connectivity index (χ2n) is 6.16. The van der Waals surface area contributed by atoms with Crippen molar-refractivity contribution in [1.82, 2.24) is 29.9 Å². The lowest BCUT2D eigenvalue weighted by molar-refractivity contribution is 1.01. The molecule has 3 aromatic heterocycles. The third kappa shape index (κ3) is 4.51. The fourth-order valence-electron chi connectivity index (χ4n) is 2.77. The molecule has 4 rings (SSSR count). The topological polar surface area (TPSA) is 128 Å². The minimum atomic E-state index is 0.379. The summed E-state index contributed by atoms with van der Waals surface area (Å²) in [5.74, 6) is 1.79. The number of hydrogen-bond acceptors (Lipinski definition) is 8. The van der Waals surface area contributed by atoms with E-state index in [1.54, 1.807) is 36.8 Å². The van der Waals surface area contributed by atoms with Crippen molar-refractivity contribution in [3.63, 3.8) is 0 Å². The maximum Gasteiger partial charge on any atom is 0.223 e. The van der Waals surface area contributed by atoms with E-state index >= 15 is 0 Å². The number of imidazole rings is 1. The molecule has 0 radical (unpaired) electrons. The zero-order chi connectivity index (χ0) is 20.8. The number of rotatable bonds is 7. The Morgan fingerprint density at radius 1 is 1.03 bits per heavy atom. The second-order valence-corrected chi connectivity index (χ2v) is 6.55. The average Bonchev–Trinajstić information content (AvgIpc) is 3.31. The van der Waals surface area contributed by atoms with Gasteiger partial charge >= 0.3 is 0 Å². The summed E-state index contributed by atoms with van der Waals surface area (Å²) in [5, 5.41) is 15.8. The van der Waals surface area contributed by atoms with Gasteiger partial charge in [-0.3, -0.25) is 0 Å². The van der Waals surface area contributed by atoms with Crippen molar-refractivity contribution in [3.05, 3.63) is 66.0 Å². The van der Waals surface area contributed by atoms with Crippen LogP contribution in [-0.4, -0.2) is 43.0 Å². The predicted molar refractivity (Wildman–Crippen MR) is 114 cm³/mol. The molecule has 3 heterocycles. The van der Waals surface area contributed by atoms with Crippen LogP contribution in [0.2, 0.25) is 5.15 Å². The normalized spacial score (nSPS) is 10.4. The molecule has 0 saturated heterocycles. The van der Waals surface area contributed by atoms with Crippen molar-refractivity contribution in [2.24, 2.45) is 0 Å². The third-order valence-corrected chi connectivity index (χ3v) is 4.38. The smallest absolute Gasteiger partial charge is 0.223 e. The van der Waals surface area contributed by atoms with E-state index < -0.39 is 0 Å². The highest BCUT2D eigenvalue weighted by Crippen LogP contribution is 2.29. The highest BCUT2D eigenvalue weighted by atomic mass is 35.5. The van der Waals surface area contributed by atoms with Gasteiger partial charge in [0.15, 0.2) is 0 Å². The molecule has 0 aliphatic rings. The van der Waals surface area contributed by atoms with Gasteiger partial charge in [0.2, 0.25) is 5.95 Å². The number of hydrogen-bond donors (Lipinski definition) is 3. The molecule has 0 spiro atoms. The van der Waals surface area contributed by atoms with Crippen LogP contribution in [0.1, 0.15) is 5.56 Å². The van der Waals surface area contributed by atoms with Crippen molar-refractivity contribution >= 4 is 23.4 Å². The number of anilines is 2. The van der Waals surface area contributed by atoms with Gasteiger partial charge in [0, 0.05) is 43.3 Å². The van der Waals surface area contributed by atoms with Crippen molar-refractivity contribution in [1.29, 1.82) is 5.26 Å². The molecular formula is C20H16ClN9. The van der Waals surface area contributed by atoms with Gasteiger partial charge in [-0.1, -0.05) is 23.7 Å². The van der Waals surface area contributed by atoms with E-state index in [0.29, 0.717) is 47.1 Å². The van der Waals surface area contributed by atoms with Crippen LogP contribution in [0, 0.1) is 11.3 Å². The standard InChI is InChI=1S/C20H16ClN9/c21-16-9-17(29-12-28-16)23-5-8-26-20-27-11-15(19-24-6-7-25-19)18(30-20)14-3-1-13(10-22)2-4-14/h1-4,6-7,9,11-12H,5,8H2,(H,24,25)(H,23,28,29)(H,26,27,30). The molecule has 148 valence electrons. The van der Waals surface area contributed by atoms with Crippen molar-refractivity contribution in [2.45, 2.75) is 0 Å². The third-order valence-electron chi connectivity index (χ3n) is 4.18. The average molecular weight is 418 g/mol. The van der Waals surface area contributed by atoms with E-state index in [9.17, 15) is 0 Å². The number of nitrogens with zero attached hydrogens (tertiary/aromatic N) is 6. The second kappa shape index (κ2) is 8.98. The zero-order valence-electron chi connectivity index (χ0n) is 15.7. The van der Waals surface area contributed by atoms with Crippen LogP contribution in [0.25, 0.3) is 22.6 Å². The van der Waals surface area contributed by atoms with Crippen LogP contribution in [0.3, 0.4) is 0 Å². The highest BCUT2D eigenvalue weighted by Gasteiger charge is 2.13. The maximum absolute atomic E-state index is 9.04. The van der Waals surface area contributed by atoms with E-state index in [-0.39, 0.29) is 0 Å². The molecule has 0 unspecified atom stereocenters. The summed E-state index contributed by atoms with van der Waals surface area (Å²) in [6.45, 7) is 1.15. The number of benzene rings is 1. The van der Waals surface area contributed by atoms with Gasteiger partial charge in [0.1, 0.15) is 23.1 Å². The first-order valence-electron chi connectivity index (χ1n) is 9.05. The fraction of sp³-hybridized carbons (Fsp3) is 0.100. The predicted octanol–water partition coefficient (Wildman–Crippen LogP) is 3.37. The summed E-state index contributed by atoms with van der Waals surface area (Å²) in [6, 6.07) is 11.0. The minimum absolute atomic E-state index is 0.379. The molecular weight excluding hydrogens is 402 g/mol. The summed E-state index contributed by atoms with van der Waals surface area (Å²) in [5.41, 5.74) is 2.92. The van der Waals surface area contributed by atoms with Gasteiger partial charge in [-0.15, -0.1) is 0 Å². The van der Waals surface area contributed by atoms with Crippen LogP contribution >= 0.6 is 11.6 Å². The minimum Gasteiger partial charge on any atom is -0.368 e. The molecule has 9 nitrogen and oxygen atoms in total. The Kier molecular flexibility index (Phi) is 5.78. The summed E-state index contributed by atoms with van der Waals surface area (Å²) in [7, 11) is 0. The van der Waals surface area contributed by atoms with E-state index in [2.05, 4.69) is 46.6 Å². The molecule has 10 heteroatoms. The quantitative estimate of drug-likeness (QED) is 0.308. The Hall–Kier alpha value is -4.03. The Balaban J connectivity index is 1.52. The number of H-pyrrole nitrogens is 1. The Morgan fingerprint density at radius 3 is 2.60 bits per heavy atom. The molecule has 0 fully saturated rings. The number of nitrogens with one attached hydrogen (secondary N) is 3. The maximum atomic E-state index is 9.04. The van der Waals surface area contributed by atoms with Crippen LogP contribution in [0.5, 0.6) is 0 Å². The Labute approximate surface area is 177 Å². The molecule has 1 aromatic carbocycles. The van der Waals surface area contributed by atoms with Crippen molar-refractivity contribution in [3.8, 4) is 28.7 Å². The van der Waals surface area contributed by atoms with E-state index in [1.165, 1.54) is 6.33 Å². The summed E-state index contributed by atoms with van der Waals surface area (Å²) < 4.78 is 0. The number of aromatic amines is 1. The molecule has 3 N–H and O–H groups in total. The van der Waals surface area contributed by atoms with Crippen LogP contribution in [0.15, 0.2) is 55.2 Å². The van der Waals surface area contributed by atoms with Gasteiger partial charge in [-0.2, -0.15) is 5.26 Å². The van der Waals surface area contributed by atoms with Gasteiger partial charge in [-0.05, 0) is 12.1 Å². The molecule has 0 aliphatic carbocycles. The first kappa shape index (κ1) is 19.3. The first-order valence-corrected chi connectivity index (χ1v) is 9.43. The summed E-state index contributed by atoms with van der Waals surface area (Å²) in [4.78, 5) is 24.4. The Morgan fingerprint density at radius 2 is 1.87 bits per heavy atom. The number of aromatic nitrogens is 6. The summed E-state index contributed by atoms with van der Waals surface area (Å²) >= 11 is 5.85. The molecule has 0 bridgehead atoms. The Bertz CT molecular complexity index is 1170. The van der Waals surface area contributed by atoms with Crippen LogP contribution < -0.4 is 10.6 Å². The van der Waals surface area contributed by atoms with Crippen LogP contribution in [0.4, 0.5) is 11.8 Å². The lowest BCUT2D eigenvalue weighted by Crippen LogP contribution is -2.16. The van der Waals surface area contributed by atoms with Crippen molar-refractivity contribution < 1.29 is 0 Å². The molecule has 4 aromatic rings. The van der Waals surface area contributed by atoms with E-state index in [0.717, 1.165) is 11.1 Å². The van der Waals surface area contributed by atoms with Gasteiger partial charge in [0.05, 0.1) is 22.9 Å². The molecule has 0 saturated carbocycles. The lowest BCUT2D eigenvalue weighted by Gasteiger charge is -2.11. The lowest BCUT2D eigenvalue weighted by atomic mass is 10.1. The number of nitriles is 1. The molecule has 0 amide bonds. The van der Waals surface area contributed by atoms with Gasteiger partial charge in [-0.25, -0.2) is 24.9 Å².